The zero-order chi connectivity index (χ0) is 15.1. The molecule has 0 saturated carbocycles. The molecule has 0 radical (unpaired) electrons. The van der Waals surface area contributed by atoms with E-state index in [1.165, 1.54) is 68.1 Å². The van der Waals surface area contributed by atoms with Crippen LogP contribution in [0, 0.1) is 0 Å². The Morgan fingerprint density at radius 3 is 2.14 bits per heavy atom. The Bertz CT molecular complexity index is 499. The fourth-order valence-corrected chi connectivity index (χ4v) is 3.25. The van der Waals surface area contributed by atoms with Crippen LogP contribution in [0.3, 0.4) is 0 Å². The quantitative estimate of drug-likeness (QED) is 0.497. The van der Waals surface area contributed by atoms with Gasteiger partial charge in [0.15, 0.2) is 0 Å². The predicted molar refractivity (Wildman–Crippen MR) is 94.5 cm³/mol. The van der Waals surface area contributed by atoms with Crippen molar-refractivity contribution in [2.75, 3.05) is 0 Å². The van der Waals surface area contributed by atoms with Gasteiger partial charge in [-0.05, 0) is 48.8 Å². The smallest absolute Gasteiger partial charge is 0.00959 e. The largest absolute Gasteiger partial charge is 0.0655 e. The number of benzene rings is 1. The van der Waals surface area contributed by atoms with Crippen molar-refractivity contribution < 1.29 is 0 Å². The zero-order valence-electron chi connectivity index (χ0n) is 14.0. The third-order valence-electron chi connectivity index (χ3n) is 4.38. The van der Waals surface area contributed by atoms with E-state index in [1.54, 1.807) is 11.1 Å². The lowest BCUT2D eigenvalue weighted by Gasteiger charge is -2.08. The molecule has 1 aliphatic carbocycles. The van der Waals surface area contributed by atoms with Crippen molar-refractivity contribution in [1.29, 1.82) is 0 Å². The maximum absolute atomic E-state index is 2.47. The highest BCUT2D eigenvalue weighted by Gasteiger charge is 2.16. The van der Waals surface area contributed by atoms with Crippen molar-refractivity contribution in [1.82, 2.24) is 0 Å². The van der Waals surface area contributed by atoms with Gasteiger partial charge in [-0.2, -0.15) is 0 Å². The Kier molecular flexibility index (Phi) is 6.29. The Balaban J connectivity index is 2.17. The number of unbranched alkanes of at least 4 members (excludes halogenated alkanes) is 1. The highest BCUT2D eigenvalue weighted by Crippen LogP contribution is 2.36. The van der Waals surface area contributed by atoms with Gasteiger partial charge in [0.2, 0.25) is 0 Å². The van der Waals surface area contributed by atoms with Crippen molar-refractivity contribution in [3.8, 4) is 0 Å². The summed E-state index contributed by atoms with van der Waals surface area (Å²) in [6, 6.07) is 9.32. The van der Waals surface area contributed by atoms with Crippen LogP contribution in [0.2, 0.25) is 0 Å². The molecule has 0 heterocycles. The van der Waals surface area contributed by atoms with Gasteiger partial charge in [-0.3, -0.25) is 0 Å². The Morgan fingerprint density at radius 1 is 0.810 bits per heavy atom. The number of hydrogen-bond acceptors (Lipinski definition) is 0. The Hall–Kier alpha value is -1.30. The minimum atomic E-state index is 1.22. The molecular formula is C21H30. The van der Waals surface area contributed by atoms with Crippen molar-refractivity contribution in [3.05, 3.63) is 52.6 Å². The first kappa shape index (κ1) is 16.1. The van der Waals surface area contributed by atoms with E-state index in [1.807, 2.05) is 0 Å². The van der Waals surface area contributed by atoms with Crippen molar-refractivity contribution >= 4 is 5.57 Å². The number of hydrogen-bond donors (Lipinski definition) is 0. The van der Waals surface area contributed by atoms with E-state index in [0.29, 0.717) is 0 Å². The lowest BCUT2D eigenvalue weighted by molar-refractivity contribution is 0.795. The second-order valence-electron chi connectivity index (χ2n) is 6.30. The van der Waals surface area contributed by atoms with E-state index >= 15 is 0 Å². The summed E-state index contributed by atoms with van der Waals surface area (Å²) in [5.41, 5.74) is 7.70. The molecule has 1 aliphatic rings. The third-order valence-corrected chi connectivity index (χ3v) is 4.38. The van der Waals surface area contributed by atoms with Crippen LogP contribution in [0.5, 0.6) is 0 Å². The average Bonchev–Trinajstić information content (AvgIpc) is 2.89. The molecule has 0 saturated heterocycles. The summed E-state index contributed by atoms with van der Waals surface area (Å²) < 4.78 is 0. The van der Waals surface area contributed by atoms with Crippen molar-refractivity contribution in [3.63, 3.8) is 0 Å². The topological polar surface area (TPSA) is 0 Å². The van der Waals surface area contributed by atoms with Crippen LogP contribution in [0.25, 0.3) is 5.57 Å². The molecule has 1 aromatic carbocycles. The SMILES string of the molecule is CCCCc1ccc(C2=C(CCC)CC(CCC)=C2)cc1. The first-order chi connectivity index (χ1) is 10.3. The van der Waals surface area contributed by atoms with Gasteiger partial charge in [-0.25, -0.2) is 0 Å². The molecule has 0 aliphatic heterocycles. The van der Waals surface area contributed by atoms with Crippen LogP contribution < -0.4 is 0 Å². The molecule has 1 aromatic rings. The molecule has 0 atom stereocenters. The van der Waals surface area contributed by atoms with Gasteiger partial charge in [0.1, 0.15) is 0 Å². The monoisotopic (exact) mass is 282 g/mol. The lowest BCUT2D eigenvalue weighted by Crippen LogP contribution is -1.88. The third kappa shape index (κ3) is 4.33. The van der Waals surface area contributed by atoms with E-state index in [4.69, 9.17) is 0 Å². The number of allylic oxidation sites excluding steroid dienone is 4. The first-order valence-corrected chi connectivity index (χ1v) is 8.79. The second kappa shape index (κ2) is 8.22. The molecule has 0 amide bonds. The fraction of sp³-hybridized carbons (Fsp3) is 0.524. The molecule has 2 rings (SSSR count). The highest BCUT2D eigenvalue weighted by atomic mass is 14.2. The van der Waals surface area contributed by atoms with Gasteiger partial charge in [-0.15, -0.1) is 0 Å². The minimum absolute atomic E-state index is 1.22. The van der Waals surface area contributed by atoms with Crippen LogP contribution >= 0.6 is 0 Å². The lowest BCUT2D eigenvalue weighted by atomic mass is 9.97. The summed E-state index contributed by atoms with van der Waals surface area (Å²) in [6.45, 7) is 6.83. The van der Waals surface area contributed by atoms with Crippen LogP contribution in [0.1, 0.15) is 76.8 Å². The Labute approximate surface area is 131 Å². The summed E-state index contributed by atoms with van der Waals surface area (Å²) in [5.74, 6) is 0. The molecule has 0 fully saturated rings. The molecule has 0 heteroatoms. The Morgan fingerprint density at radius 2 is 1.52 bits per heavy atom. The molecule has 0 spiro atoms. The summed E-state index contributed by atoms with van der Waals surface area (Å²) >= 11 is 0. The van der Waals surface area contributed by atoms with Crippen LogP contribution in [0.4, 0.5) is 0 Å². The minimum Gasteiger partial charge on any atom is -0.0655 e. The summed E-state index contributed by atoms with van der Waals surface area (Å²) in [5, 5.41) is 0. The number of rotatable bonds is 8. The normalized spacial score (nSPS) is 14.7. The maximum atomic E-state index is 2.47. The van der Waals surface area contributed by atoms with Crippen molar-refractivity contribution in [2.24, 2.45) is 0 Å². The molecule has 0 bridgehead atoms. The van der Waals surface area contributed by atoms with Crippen LogP contribution in [-0.2, 0) is 6.42 Å². The van der Waals surface area contributed by atoms with Gasteiger partial charge >= 0.3 is 0 Å². The van der Waals surface area contributed by atoms with Gasteiger partial charge in [0.05, 0.1) is 0 Å². The van der Waals surface area contributed by atoms with Crippen LogP contribution in [0.15, 0.2) is 41.5 Å². The molecule has 0 nitrogen and oxygen atoms in total. The molecular weight excluding hydrogens is 252 g/mol. The zero-order valence-corrected chi connectivity index (χ0v) is 14.0. The van der Waals surface area contributed by atoms with E-state index in [-0.39, 0.29) is 0 Å². The van der Waals surface area contributed by atoms with Gasteiger partial charge in [-0.1, -0.05) is 81.5 Å². The predicted octanol–water partition coefficient (Wildman–Crippen LogP) is 6.71. The number of aryl methyl sites for hydroxylation is 1. The van der Waals surface area contributed by atoms with Gasteiger partial charge in [0.25, 0.3) is 0 Å². The van der Waals surface area contributed by atoms with E-state index in [0.717, 1.165) is 0 Å². The molecule has 114 valence electrons. The summed E-state index contributed by atoms with van der Waals surface area (Å²) in [7, 11) is 0. The van der Waals surface area contributed by atoms with E-state index in [2.05, 4.69) is 51.1 Å². The van der Waals surface area contributed by atoms with E-state index < -0.39 is 0 Å². The fourth-order valence-electron chi connectivity index (χ4n) is 3.25. The molecule has 21 heavy (non-hydrogen) atoms. The molecule has 0 N–H and O–H groups in total. The summed E-state index contributed by atoms with van der Waals surface area (Å²) in [4.78, 5) is 0. The van der Waals surface area contributed by atoms with Crippen LogP contribution in [-0.4, -0.2) is 0 Å². The molecule has 0 aromatic heterocycles. The average molecular weight is 282 g/mol. The summed E-state index contributed by atoms with van der Waals surface area (Å²) in [6.07, 6.45) is 12.5. The molecule has 0 unspecified atom stereocenters. The highest BCUT2D eigenvalue weighted by molar-refractivity contribution is 5.80. The maximum Gasteiger partial charge on any atom is -0.00959 e. The van der Waals surface area contributed by atoms with Crippen molar-refractivity contribution in [2.45, 2.75) is 72.1 Å². The second-order valence-corrected chi connectivity index (χ2v) is 6.30. The van der Waals surface area contributed by atoms with Gasteiger partial charge < -0.3 is 0 Å². The van der Waals surface area contributed by atoms with E-state index in [9.17, 15) is 0 Å². The van der Waals surface area contributed by atoms with Gasteiger partial charge in [0, 0.05) is 0 Å². The first-order valence-electron chi connectivity index (χ1n) is 8.79. The standard InChI is InChI=1S/C21H30/c1-4-7-10-17-11-13-19(14-12-17)21-16-18(8-5-2)15-20(21)9-6-3/h11-14,16H,4-10,15H2,1-3H3.